The highest BCUT2D eigenvalue weighted by Crippen LogP contribution is 2.36. The molecule has 23 heavy (non-hydrogen) atoms. The number of benzene rings is 1. The smallest absolute Gasteiger partial charge is 0.322 e. The number of carbonyl (C=O) groups excluding carboxylic acids is 2. The summed E-state index contributed by atoms with van der Waals surface area (Å²) in [4.78, 5) is 24.2. The van der Waals surface area contributed by atoms with Crippen molar-refractivity contribution in [2.75, 3.05) is 0 Å². The largest absolute Gasteiger partial charge is 0.385 e. The van der Waals surface area contributed by atoms with Crippen molar-refractivity contribution < 1.29 is 14.7 Å². The van der Waals surface area contributed by atoms with E-state index in [4.69, 9.17) is 11.6 Å². The molecule has 5 nitrogen and oxygen atoms in total. The van der Waals surface area contributed by atoms with E-state index < -0.39 is 23.6 Å². The Hall–Kier alpha value is -2.37. The van der Waals surface area contributed by atoms with Crippen LogP contribution in [0.1, 0.15) is 18.6 Å². The average Bonchev–Trinajstić information content (AvgIpc) is 2.83. The first-order valence-electron chi connectivity index (χ1n) is 6.98. The maximum absolute atomic E-state index is 12.5. The van der Waals surface area contributed by atoms with E-state index in [0.29, 0.717) is 16.2 Å². The molecule has 3 amide bonds. The molecule has 1 aliphatic rings. The van der Waals surface area contributed by atoms with Crippen LogP contribution in [0.3, 0.4) is 0 Å². The number of halogens is 1. The Bertz CT molecular complexity index is 694. The highest BCUT2D eigenvalue weighted by Gasteiger charge is 2.54. The summed E-state index contributed by atoms with van der Waals surface area (Å²) in [5.41, 5.74) is -0.826. The quantitative estimate of drug-likeness (QED) is 0.573. The molecule has 2 unspecified atom stereocenters. The second-order valence-electron chi connectivity index (χ2n) is 5.02. The maximum atomic E-state index is 12.5. The minimum absolute atomic E-state index is 0.376. The predicted octanol–water partition coefficient (Wildman–Crippen LogP) is 2.64. The molecule has 2 atom stereocenters. The van der Waals surface area contributed by atoms with Crippen molar-refractivity contribution in [1.29, 1.82) is 0 Å². The lowest BCUT2D eigenvalue weighted by molar-refractivity contribution is -0.126. The van der Waals surface area contributed by atoms with Crippen molar-refractivity contribution in [3.05, 3.63) is 71.3 Å². The Balaban J connectivity index is 2.58. The molecule has 0 bridgehead atoms. The van der Waals surface area contributed by atoms with E-state index in [1.54, 1.807) is 42.5 Å². The number of carbonyl (C=O) groups is 2. The van der Waals surface area contributed by atoms with Crippen molar-refractivity contribution in [2.45, 2.75) is 18.6 Å². The fraction of sp³-hybridized carbons (Fsp3) is 0.176. The SMILES string of the molecule is C=C/C(=C\C=C/C)C1(C(O)c2ccc(Cl)cc2)NC(=O)NC1=O. The molecule has 0 aromatic heterocycles. The van der Waals surface area contributed by atoms with Gasteiger partial charge in [0.25, 0.3) is 5.91 Å². The van der Waals surface area contributed by atoms with Crippen LogP contribution in [0.5, 0.6) is 0 Å². The molecule has 0 spiro atoms. The summed E-state index contributed by atoms with van der Waals surface area (Å²) >= 11 is 5.85. The zero-order valence-corrected chi connectivity index (χ0v) is 13.3. The van der Waals surface area contributed by atoms with E-state index in [-0.39, 0.29) is 0 Å². The molecule has 6 heteroatoms. The van der Waals surface area contributed by atoms with Gasteiger partial charge in [0, 0.05) is 5.02 Å². The van der Waals surface area contributed by atoms with Crippen molar-refractivity contribution >= 4 is 23.5 Å². The van der Waals surface area contributed by atoms with Crippen molar-refractivity contribution in [1.82, 2.24) is 10.6 Å². The molecular formula is C17H17ClN2O3. The predicted molar refractivity (Wildman–Crippen MR) is 88.9 cm³/mol. The van der Waals surface area contributed by atoms with E-state index in [2.05, 4.69) is 17.2 Å². The fourth-order valence-electron chi connectivity index (χ4n) is 2.48. The van der Waals surface area contributed by atoms with Gasteiger partial charge in [-0.05, 0) is 30.2 Å². The first kappa shape index (κ1) is 17.0. The summed E-state index contributed by atoms with van der Waals surface area (Å²) in [7, 11) is 0. The second kappa shape index (κ2) is 6.81. The summed E-state index contributed by atoms with van der Waals surface area (Å²) in [6.07, 6.45) is 5.22. The number of hydrogen-bond donors (Lipinski definition) is 3. The average molecular weight is 333 g/mol. The molecule has 1 aromatic carbocycles. The van der Waals surface area contributed by atoms with E-state index in [1.807, 2.05) is 6.92 Å². The zero-order valence-electron chi connectivity index (χ0n) is 12.5. The lowest BCUT2D eigenvalue weighted by Crippen LogP contribution is -2.53. The maximum Gasteiger partial charge on any atom is 0.322 e. The van der Waals surface area contributed by atoms with Crippen LogP contribution < -0.4 is 10.6 Å². The number of amides is 3. The monoisotopic (exact) mass is 332 g/mol. The summed E-state index contributed by atoms with van der Waals surface area (Å²) in [5, 5.41) is 16.0. The normalized spacial score (nSPS) is 22.8. The van der Waals surface area contributed by atoms with Crippen LogP contribution >= 0.6 is 11.6 Å². The first-order chi connectivity index (χ1) is 11.0. The standard InChI is InChI=1S/C17H17ClN2O3/c1-3-5-6-12(4-2)17(15(22)19-16(23)20-17)14(21)11-7-9-13(18)10-8-11/h3-10,14,21H,2H2,1H3,(H2,19,20,22,23)/b5-3-,12-6+. The Morgan fingerprint density at radius 3 is 2.48 bits per heavy atom. The first-order valence-corrected chi connectivity index (χ1v) is 7.36. The van der Waals surface area contributed by atoms with Gasteiger partial charge in [0.05, 0.1) is 0 Å². The van der Waals surface area contributed by atoms with Crippen LogP contribution in [0.15, 0.2) is 60.7 Å². The molecule has 0 aliphatic carbocycles. The van der Waals surface area contributed by atoms with Gasteiger partial charge < -0.3 is 10.4 Å². The van der Waals surface area contributed by atoms with Gasteiger partial charge in [-0.15, -0.1) is 0 Å². The molecule has 1 heterocycles. The number of urea groups is 1. The molecule has 0 saturated carbocycles. The van der Waals surface area contributed by atoms with Gasteiger partial charge in [0.2, 0.25) is 0 Å². The molecule has 1 aliphatic heterocycles. The van der Waals surface area contributed by atoms with Gasteiger partial charge in [0.1, 0.15) is 6.10 Å². The Kier molecular flexibility index (Phi) is 5.03. The number of aliphatic hydroxyl groups excluding tert-OH is 1. The number of nitrogens with one attached hydrogen (secondary N) is 2. The number of imide groups is 1. The van der Waals surface area contributed by atoms with Crippen LogP contribution in [-0.2, 0) is 4.79 Å². The van der Waals surface area contributed by atoms with Gasteiger partial charge in [-0.2, -0.15) is 0 Å². The van der Waals surface area contributed by atoms with E-state index in [1.165, 1.54) is 6.08 Å². The summed E-state index contributed by atoms with van der Waals surface area (Å²) in [6, 6.07) is 5.74. The van der Waals surface area contributed by atoms with Gasteiger partial charge in [-0.25, -0.2) is 4.79 Å². The molecule has 2 rings (SSSR count). The number of aliphatic hydroxyl groups is 1. The van der Waals surface area contributed by atoms with Crippen molar-refractivity contribution in [2.24, 2.45) is 0 Å². The van der Waals surface area contributed by atoms with Crippen molar-refractivity contribution in [3.8, 4) is 0 Å². The van der Waals surface area contributed by atoms with Crippen molar-refractivity contribution in [3.63, 3.8) is 0 Å². The Morgan fingerprint density at radius 1 is 1.35 bits per heavy atom. The van der Waals surface area contributed by atoms with Gasteiger partial charge in [0.15, 0.2) is 5.54 Å². The van der Waals surface area contributed by atoms with E-state index in [0.717, 1.165) is 0 Å². The van der Waals surface area contributed by atoms with Gasteiger partial charge in [-0.3, -0.25) is 10.1 Å². The third kappa shape index (κ3) is 3.06. The molecule has 120 valence electrons. The highest BCUT2D eigenvalue weighted by atomic mass is 35.5. The molecule has 0 radical (unpaired) electrons. The van der Waals surface area contributed by atoms with Crippen LogP contribution in [0.25, 0.3) is 0 Å². The van der Waals surface area contributed by atoms with Crippen LogP contribution in [-0.4, -0.2) is 22.6 Å². The number of rotatable bonds is 5. The van der Waals surface area contributed by atoms with Gasteiger partial charge >= 0.3 is 6.03 Å². The Morgan fingerprint density at radius 2 is 2.00 bits per heavy atom. The fourth-order valence-corrected chi connectivity index (χ4v) is 2.60. The zero-order chi connectivity index (χ0) is 17.0. The second-order valence-corrected chi connectivity index (χ2v) is 5.46. The lowest BCUT2D eigenvalue weighted by Gasteiger charge is -2.32. The molecule has 1 fully saturated rings. The van der Waals surface area contributed by atoms with E-state index >= 15 is 0 Å². The third-order valence-corrected chi connectivity index (χ3v) is 3.89. The summed E-state index contributed by atoms with van der Waals surface area (Å²) in [6.45, 7) is 5.50. The Labute approximate surface area is 139 Å². The van der Waals surface area contributed by atoms with E-state index in [9.17, 15) is 14.7 Å². The number of allylic oxidation sites excluding steroid dienone is 3. The van der Waals surface area contributed by atoms with Crippen LogP contribution in [0, 0.1) is 0 Å². The van der Waals surface area contributed by atoms with Crippen LogP contribution in [0.4, 0.5) is 4.79 Å². The minimum atomic E-state index is -1.65. The van der Waals surface area contributed by atoms with Gasteiger partial charge in [-0.1, -0.05) is 54.6 Å². The van der Waals surface area contributed by atoms with Crippen LogP contribution in [0.2, 0.25) is 5.02 Å². The summed E-state index contributed by atoms with van der Waals surface area (Å²) < 4.78 is 0. The molecule has 1 saturated heterocycles. The molecular weight excluding hydrogens is 316 g/mol. The molecule has 1 aromatic rings. The third-order valence-electron chi connectivity index (χ3n) is 3.64. The summed E-state index contributed by atoms with van der Waals surface area (Å²) in [5.74, 6) is -0.638. The topological polar surface area (TPSA) is 78.4 Å². The lowest BCUT2D eigenvalue weighted by atomic mass is 9.80. The molecule has 3 N–H and O–H groups in total. The highest BCUT2D eigenvalue weighted by molar-refractivity contribution is 6.30. The number of hydrogen-bond acceptors (Lipinski definition) is 3. The minimum Gasteiger partial charge on any atom is -0.385 e.